The first-order chi connectivity index (χ1) is 7.10. The molecule has 1 spiro atoms. The van der Waals surface area contributed by atoms with Gasteiger partial charge in [0.25, 0.3) is 0 Å². The summed E-state index contributed by atoms with van der Waals surface area (Å²) in [6, 6.07) is 0. The van der Waals surface area contributed by atoms with Gasteiger partial charge in [-0.15, -0.1) is 0 Å². The van der Waals surface area contributed by atoms with E-state index in [2.05, 4.69) is 19.6 Å². The molecule has 0 heterocycles. The first-order valence-electron chi connectivity index (χ1n) is 5.64. The van der Waals surface area contributed by atoms with Crippen molar-refractivity contribution in [2.24, 2.45) is 11.3 Å². The average molecular weight is 206 g/mol. The monoisotopic (exact) mass is 206 g/mol. The Labute approximate surface area is 91.0 Å². The first kappa shape index (κ1) is 10.5. The molecule has 1 atom stereocenters. The lowest BCUT2D eigenvalue weighted by molar-refractivity contribution is -0.146. The number of ether oxygens (including phenoxy) is 1. The maximum absolute atomic E-state index is 11.6. The van der Waals surface area contributed by atoms with Crippen molar-refractivity contribution in [3.8, 4) is 0 Å². The molecule has 0 saturated heterocycles. The minimum absolute atomic E-state index is 0.0938. The lowest BCUT2D eigenvalue weighted by Crippen LogP contribution is -2.24. The van der Waals surface area contributed by atoms with Gasteiger partial charge in [0, 0.05) is 5.41 Å². The molecule has 1 unspecified atom stereocenters. The Hall–Kier alpha value is -1.05. The molecule has 0 N–H and O–H groups in total. The van der Waals surface area contributed by atoms with Crippen LogP contribution in [-0.2, 0) is 9.53 Å². The zero-order chi connectivity index (χ0) is 11.1. The van der Waals surface area contributed by atoms with Gasteiger partial charge in [0.15, 0.2) is 0 Å². The molecule has 1 saturated carbocycles. The van der Waals surface area contributed by atoms with Crippen molar-refractivity contribution in [3.63, 3.8) is 0 Å². The highest BCUT2D eigenvalue weighted by atomic mass is 16.5. The first-order valence-corrected chi connectivity index (χ1v) is 5.64. The Kier molecular flexibility index (Phi) is 2.45. The Balaban J connectivity index is 2.15. The molecule has 2 aliphatic rings. The highest BCUT2D eigenvalue weighted by Crippen LogP contribution is 2.60. The van der Waals surface area contributed by atoms with Crippen LogP contribution in [0.2, 0.25) is 0 Å². The summed E-state index contributed by atoms with van der Waals surface area (Å²) in [4.78, 5) is 11.6. The molecule has 2 rings (SSSR count). The lowest BCUT2D eigenvalue weighted by atomic mass is 9.77. The Morgan fingerprint density at radius 1 is 1.67 bits per heavy atom. The minimum Gasteiger partial charge on any atom is -0.466 e. The third-order valence-electron chi connectivity index (χ3n) is 3.69. The van der Waals surface area contributed by atoms with Gasteiger partial charge in [-0.1, -0.05) is 23.8 Å². The van der Waals surface area contributed by atoms with Gasteiger partial charge < -0.3 is 4.74 Å². The van der Waals surface area contributed by atoms with E-state index in [0.29, 0.717) is 6.61 Å². The van der Waals surface area contributed by atoms with Gasteiger partial charge in [0.2, 0.25) is 0 Å². The summed E-state index contributed by atoms with van der Waals surface area (Å²) in [5, 5.41) is 0. The second kappa shape index (κ2) is 3.51. The number of carbonyl (C=O) groups excluding carboxylic acids is 1. The SMILES string of the molecule is C=C1CC(C(=O)OCC)C=C(C)C12CC2. The highest BCUT2D eigenvalue weighted by molar-refractivity contribution is 5.76. The summed E-state index contributed by atoms with van der Waals surface area (Å²) >= 11 is 0. The molecular weight excluding hydrogens is 188 g/mol. The van der Waals surface area contributed by atoms with E-state index in [4.69, 9.17) is 4.74 Å². The van der Waals surface area contributed by atoms with Gasteiger partial charge in [0.1, 0.15) is 0 Å². The average Bonchev–Trinajstić information content (AvgIpc) is 2.95. The second-order valence-electron chi connectivity index (χ2n) is 4.60. The quantitative estimate of drug-likeness (QED) is 0.513. The third kappa shape index (κ3) is 1.62. The van der Waals surface area contributed by atoms with Gasteiger partial charge in [-0.3, -0.25) is 4.79 Å². The fourth-order valence-electron chi connectivity index (χ4n) is 2.53. The van der Waals surface area contributed by atoms with E-state index >= 15 is 0 Å². The molecule has 1 fully saturated rings. The number of allylic oxidation sites excluding steroid dienone is 2. The summed E-state index contributed by atoms with van der Waals surface area (Å²) < 4.78 is 5.04. The van der Waals surface area contributed by atoms with E-state index in [1.54, 1.807) is 0 Å². The summed E-state index contributed by atoms with van der Waals surface area (Å²) in [7, 11) is 0. The number of hydrogen-bond donors (Lipinski definition) is 0. The van der Waals surface area contributed by atoms with E-state index < -0.39 is 0 Å². The molecule has 0 amide bonds. The summed E-state index contributed by atoms with van der Waals surface area (Å²) in [5.74, 6) is -0.197. The largest absolute Gasteiger partial charge is 0.466 e. The van der Waals surface area contributed by atoms with Gasteiger partial charge in [-0.05, 0) is 33.1 Å². The summed E-state index contributed by atoms with van der Waals surface area (Å²) in [6.07, 6.45) is 5.28. The normalized spacial score (nSPS) is 27.5. The standard InChI is InChI=1S/C13H18O2/c1-4-15-12(14)11-7-9(2)13(5-6-13)10(3)8-11/h8,11H,2,4-7H2,1,3H3. The minimum atomic E-state index is -0.103. The molecule has 2 nitrogen and oxygen atoms in total. The fraction of sp³-hybridized carbons (Fsp3) is 0.615. The predicted octanol–water partition coefficient (Wildman–Crippen LogP) is 2.85. The molecule has 2 aliphatic carbocycles. The van der Waals surface area contributed by atoms with Gasteiger partial charge in [0.05, 0.1) is 12.5 Å². The molecule has 0 aliphatic heterocycles. The van der Waals surface area contributed by atoms with E-state index in [9.17, 15) is 4.79 Å². The Morgan fingerprint density at radius 3 is 2.80 bits per heavy atom. The van der Waals surface area contributed by atoms with Crippen LogP contribution in [0.25, 0.3) is 0 Å². The van der Waals surface area contributed by atoms with Gasteiger partial charge in [-0.2, -0.15) is 0 Å². The lowest BCUT2D eigenvalue weighted by Gasteiger charge is -2.28. The maximum atomic E-state index is 11.6. The molecule has 0 bridgehead atoms. The summed E-state index contributed by atoms with van der Waals surface area (Å²) in [5.41, 5.74) is 2.81. The van der Waals surface area contributed by atoms with Gasteiger partial charge >= 0.3 is 5.97 Å². The van der Waals surface area contributed by atoms with Crippen LogP contribution in [-0.4, -0.2) is 12.6 Å². The number of esters is 1. The zero-order valence-corrected chi connectivity index (χ0v) is 9.51. The van der Waals surface area contributed by atoms with Crippen LogP contribution < -0.4 is 0 Å². The molecular formula is C13H18O2. The van der Waals surface area contributed by atoms with Crippen LogP contribution >= 0.6 is 0 Å². The van der Waals surface area contributed by atoms with Crippen LogP contribution in [0.4, 0.5) is 0 Å². The number of carbonyl (C=O) groups is 1. The number of hydrogen-bond acceptors (Lipinski definition) is 2. The van der Waals surface area contributed by atoms with Gasteiger partial charge in [-0.25, -0.2) is 0 Å². The Bertz CT molecular complexity index is 334. The molecule has 0 aromatic carbocycles. The molecule has 82 valence electrons. The zero-order valence-electron chi connectivity index (χ0n) is 9.51. The third-order valence-corrected chi connectivity index (χ3v) is 3.69. The molecule has 0 radical (unpaired) electrons. The summed E-state index contributed by atoms with van der Waals surface area (Å²) in [6.45, 7) is 8.54. The van der Waals surface area contributed by atoms with Crippen LogP contribution in [0, 0.1) is 11.3 Å². The van der Waals surface area contributed by atoms with E-state index in [0.717, 1.165) is 6.42 Å². The smallest absolute Gasteiger partial charge is 0.313 e. The van der Waals surface area contributed by atoms with Crippen LogP contribution in [0.1, 0.15) is 33.1 Å². The highest BCUT2D eigenvalue weighted by Gasteiger charge is 2.49. The fourth-order valence-corrected chi connectivity index (χ4v) is 2.53. The van der Waals surface area contributed by atoms with Crippen LogP contribution in [0.5, 0.6) is 0 Å². The second-order valence-corrected chi connectivity index (χ2v) is 4.60. The van der Waals surface area contributed by atoms with Crippen molar-refractivity contribution in [2.75, 3.05) is 6.61 Å². The van der Waals surface area contributed by atoms with Crippen molar-refractivity contribution in [3.05, 3.63) is 23.8 Å². The van der Waals surface area contributed by atoms with E-state index in [1.807, 2.05) is 6.92 Å². The van der Waals surface area contributed by atoms with Crippen LogP contribution in [0.15, 0.2) is 23.8 Å². The topological polar surface area (TPSA) is 26.3 Å². The van der Waals surface area contributed by atoms with Crippen molar-refractivity contribution < 1.29 is 9.53 Å². The van der Waals surface area contributed by atoms with Crippen LogP contribution in [0.3, 0.4) is 0 Å². The predicted molar refractivity (Wildman–Crippen MR) is 59.3 cm³/mol. The van der Waals surface area contributed by atoms with Crippen molar-refractivity contribution >= 4 is 5.97 Å². The van der Waals surface area contributed by atoms with Crippen molar-refractivity contribution in [2.45, 2.75) is 33.1 Å². The molecule has 15 heavy (non-hydrogen) atoms. The van der Waals surface area contributed by atoms with Crippen molar-refractivity contribution in [1.82, 2.24) is 0 Å². The molecule has 0 aromatic rings. The Morgan fingerprint density at radius 2 is 2.33 bits per heavy atom. The van der Waals surface area contributed by atoms with Crippen molar-refractivity contribution in [1.29, 1.82) is 0 Å². The van der Waals surface area contributed by atoms with E-state index in [1.165, 1.54) is 24.0 Å². The van der Waals surface area contributed by atoms with E-state index in [-0.39, 0.29) is 17.3 Å². The number of rotatable bonds is 2. The molecule has 2 heteroatoms. The maximum Gasteiger partial charge on any atom is 0.313 e. The molecule has 0 aromatic heterocycles.